The average Bonchev–Trinajstić information content (AvgIpc) is 2.39. The van der Waals surface area contributed by atoms with Crippen molar-refractivity contribution in [2.24, 2.45) is 5.73 Å². The number of hydrogen-bond acceptors (Lipinski definition) is 3. The maximum absolute atomic E-state index is 12.2. The summed E-state index contributed by atoms with van der Waals surface area (Å²) >= 11 is 0. The predicted molar refractivity (Wildman–Crippen MR) is 74.8 cm³/mol. The Kier molecular flexibility index (Phi) is 3.66. The van der Waals surface area contributed by atoms with Crippen LogP contribution in [0, 0.1) is 5.41 Å². The summed E-state index contributed by atoms with van der Waals surface area (Å²) in [6.07, 6.45) is 0. The molecule has 0 spiro atoms. The molecule has 0 aliphatic carbocycles. The number of rotatable bonds is 4. The van der Waals surface area contributed by atoms with Gasteiger partial charge >= 0.3 is 0 Å². The van der Waals surface area contributed by atoms with Crippen molar-refractivity contribution in [1.29, 1.82) is 5.41 Å². The van der Waals surface area contributed by atoms with E-state index in [0.29, 0.717) is 5.56 Å². The fourth-order valence-corrected chi connectivity index (χ4v) is 3.07. The molecular formula is C14H14N2O2S. The molecule has 0 aliphatic heterocycles. The minimum atomic E-state index is -3.37. The van der Waals surface area contributed by atoms with E-state index in [1.54, 1.807) is 24.3 Å². The number of nitrogens with two attached hydrogens (primary N) is 1. The molecule has 0 aliphatic rings. The number of nitrogens with one attached hydrogen (secondary N) is 1. The van der Waals surface area contributed by atoms with E-state index < -0.39 is 9.84 Å². The van der Waals surface area contributed by atoms with Crippen LogP contribution in [0.2, 0.25) is 0 Å². The maximum Gasteiger partial charge on any atom is 0.182 e. The second kappa shape index (κ2) is 5.24. The van der Waals surface area contributed by atoms with E-state index >= 15 is 0 Å². The van der Waals surface area contributed by atoms with E-state index in [1.165, 1.54) is 12.1 Å². The Hall–Kier alpha value is -2.14. The third-order valence-corrected chi connectivity index (χ3v) is 4.43. The number of nitrogen functional groups attached to an aromatic ring is 1. The highest BCUT2D eigenvalue weighted by molar-refractivity contribution is 7.90. The highest BCUT2D eigenvalue weighted by atomic mass is 32.2. The van der Waals surface area contributed by atoms with E-state index in [2.05, 4.69) is 0 Å². The molecule has 3 N–H and O–H groups in total. The first kappa shape index (κ1) is 13.3. The van der Waals surface area contributed by atoms with Crippen LogP contribution < -0.4 is 5.73 Å². The molecule has 0 aromatic heterocycles. The highest BCUT2D eigenvalue weighted by Crippen LogP contribution is 2.16. The molecule has 2 aromatic rings. The summed E-state index contributed by atoms with van der Waals surface area (Å²) in [4.78, 5) is 0.237. The molecular weight excluding hydrogens is 260 g/mol. The Morgan fingerprint density at radius 3 is 2.11 bits per heavy atom. The van der Waals surface area contributed by atoms with Crippen LogP contribution in [-0.4, -0.2) is 14.3 Å². The molecule has 2 aromatic carbocycles. The van der Waals surface area contributed by atoms with Crippen molar-refractivity contribution in [3.05, 3.63) is 65.7 Å². The van der Waals surface area contributed by atoms with Gasteiger partial charge in [0.2, 0.25) is 0 Å². The third-order valence-electron chi connectivity index (χ3n) is 2.72. The molecule has 98 valence electrons. The zero-order valence-electron chi connectivity index (χ0n) is 10.2. The van der Waals surface area contributed by atoms with Crippen LogP contribution in [0.1, 0.15) is 11.1 Å². The van der Waals surface area contributed by atoms with Gasteiger partial charge in [-0.25, -0.2) is 8.42 Å². The van der Waals surface area contributed by atoms with E-state index in [9.17, 15) is 8.42 Å². The number of benzene rings is 2. The molecule has 0 saturated heterocycles. The second-order valence-corrected chi connectivity index (χ2v) is 6.17. The van der Waals surface area contributed by atoms with Crippen molar-refractivity contribution >= 4 is 15.7 Å². The molecule has 0 unspecified atom stereocenters. The van der Waals surface area contributed by atoms with Crippen molar-refractivity contribution in [2.75, 3.05) is 0 Å². The van der Waals surface area contributed by atoms with Crippen LogP contribution in [0.4, 0.5) is 0 Å². The first-order valence-electron chi connectivity index (χ1n) is 5.70. The van der Waals surface area contributed by atoms with Gasteiger partial charge in [-0.1, -0.05) is 42.5 Å². The SMILES string of the molecule is N=C(N)c1ccc(S(=O)(=O)Cc2ccccc2)cc1. The molecule has 4 nitrogen and oxygen atoms in total. The van der Waals surface area contributed by atoms with Gasteiger partial charge in [-0.15, -0.1) is 0 Å². The van der Waals surface area contributed by atoms with Crippen molar-refractivity contribution in [2.45, 2.75) is 10.6 Å². The number of hydrogen-bond donors (Lipinski definition) is 2. The first-order valence-corrected chi connectivity index (χ1v) is 7.35. The van der Waals surface area contributed by atoms with Gasteiger partial charge in [0.15, 0.2) is 9.84 Å². The summed E-state index contributed by atoms with van der Waals surface area (Å²) < 4.78 is 24.4. The Bertz CT molecular complexity index is 677. The normalized spacial score (nSPS) is 11.2. The lowest BCUT2D eigenvalue weighted by atomic mass is 10.2. The smallest absolute Gasteiger partial charge is 0.182 e. The molecule has 19 heavy (non-hydrogen) atoms. The zero-order chi connectivity index (χ0) is 13.9. The minimum absolute atomic E-state index is 0.0345. The minimum Gasteiger partial charge on any atom is -0.384 e. The maximum atomic E-state index is 12.2. The van der Waals surface area contributed by atoms with Crippen LogP contribution in [0.5, 0.6) is 0 Å². The topological polar surface area (TPSA) is 84.0 Å². The monoisotopic (exact) mass is 274 g/mol. The van der Waals surface area contributed by atoms with Crippen LogP contribution in [0.3, 0.4) is 0 Å². The molecule has 0 fully saturated rings. The van der Waals surface area contributed by atoms with Crippen molar-refractivity contribution in [1.82, 2.24) is 0 Å². The molecule has 2 rings (SSSR count). The average molecular weight is 274 g/mol. The molecule has 0 radical (unpaired) electrons. The van der Waals surface area contributed by atoms with Crippen LogP contribution in [0.25, 0.3) is 0 Å². The lowest BCUT2D eigenvalue weighted by Crippen LogP contribution is -2.11. The van der Waals surface area contributed by atoms with Crippen molar-refractivity contribution < 1.29 is 8.42 Å². The molecule has 0 saturated carbocycles. The van der Waals surface area contributed by atoms with Gasteiger partial charge < -0.3 is 5.73 Å². The van der Waals surface area contributed by atoms with E-state index in [0.717, 1.165) is 5.56 Å². The van der Waals surface area contributed by atoms with Gasteiger partial charge in [0, 0.05) is 5.56 Å². The molecule has 0 bridgehead atoms. The Labute approximate surface area is 112 Å². The summed E-state index contributed by atoms with van der Waals surface area (Å²) in [6, 6.07) is 15.1. The summed E-state index contributed by atoms with van der Waals surface area (Å²) in [5, 5.41) is 7.27. The molecule has 0 atom stereocenters. The lowest BCUT2D eigenvalue weighted by Gasteiger charge is -2.05. The largest absolute Gasteiger partial charge is 0.384 e. The number of sulfone groups is 1. The van der Waals surface area contributed by atoms with Gasteiger partial charge in [-0.05, 0) is 17.7 Å². The zero-order valence-corrected chi connectivity index (χ0v) is 11.0. The second-order valence-electron chi connectivity index (χ2n) is 4.18. The summed E-state index contributed by atoms with van der Waals surface area (Å²) in [5.74, 6) is -0.111. The predicted octanol–water partition coefficient (Wildman–Crippen LogP) is 1.94. The van der Waals surface area contributed by atoms with Gasteiger partial charge in [-0.3, -0.25) is 5.41 Å². The van der Waals surface area contributed by atoms with E-state index in [1.807, 2.05) is 18.2 Å². The van der Waals surface area contributed by atoms with Crippen LogP contribution >= 0.6 is 0 Å². The Morgan fingerprint density at radius 1 is 1.00 bits per heavy atom. The van der Waals surface area contributed by atoms with Gasteiger partial charge in [0.25, 0.3) is 0 Å². The lowest BCUT2D eigenvalue weighted by molar-refractivity contribution is 0.595. The van der Waals surface area contributed by atoms with Crippen LogP contribution in [0.15, 0.2) is 59.5 Å². The standard InChI is InChI=1S/C14H14N2O2S/c15-14(16)12-6-8-13(9-7-12)19(17,18)10-11-4-2-1-3-5-11/h1-9H,10H2,(H3,15,16). The van der Waals surface area contributed by atoms with Crippen LogP contribution in [-0.2, 0) is 15.6 Å². The summed E-state index contributed by atoms with van der Waals surface area (Å²) in [5.41, 5.74) is 6.59. The summed E-state index contributed by atoms with van der Waals surface area (Å²) in [7, 11) is -3.37. The fourth-order valence-electron chi connectivity index (χ4n) is 1.72. The van der Waals surface area contributed by atoms with Gasteiger partial charge in [-0.2, -0.15) is 0 Å². The van der Waals surface area contributed by atoms with Crippen molar-refractivity contribution in [3.63, 3.8) is 0 Å². The van der Waals surface area contributed by atoms with Gasteiger partial charge in [0.1, 0.15) is 5.84 Å². The van der Waals surface area contributed by atoms with Crippen molar-refractivity contribution in [3.8, 4) is 0 Å². The van der Waals surface area contributed by atoms with E-state index in [4.69, 9.17) is 11.1 Å². The fraction of sp³-hybridized carbons (Fsp3) is 0.0714. The van der Waals surface area contributed by atoms with E-state index in [-0.39, 0.29) is 16.5 Å². The highest BCUT2D eigenvalue weighted by Gasteiger charge is 2.15. The Balaban J connectivity index is 2.27. The Morgan fingerprint density at radius 2 is 1.58 bits per heavy atom. The summed E-state index contributed by atoms with van der Waals surface area (Å²) in [6.45, 7) is 0. The molecule has 5 heteroatoms. The number of amidine groups is 1. The molecule has 0 amide bonds. The third kappa shape index (κ3) is 3.20. The molecule has 0 heterocycles. The first-order chi connectivity index (χ1) is 8.99. The quantitative estimate of drug-likeness (QED) is 0.660. The van der Waals surface area contributed by atoms with Gasteiger partial charge in [0.05, 0.1) is 10.6 Å².